The van der Waals surface area contributed by atoms with Gasteiger partial charge in [0.15, 0.2) is 0 Å². The molecular formula is C15H14N2O3. The molecule has 20 heavy (non-hydrogen) atoms. The van der Waals surface area contributed by atoms with Crippen molar-refractivity contribution >= 4 is 11.8 Å². The van der Waals surface area contributed by atoms with Crippen molar-refractivity contribution in [3.8, 4) is 0 Å². The minimum absolute atomic E-state index is 0.135. The van der Waals surface area contributed by atoms with Crippen LogP contribution in [0.15, 0.2) is 36.5 Å². The van der Waals surface area contributed by atoms with E-state index in [1.54, 1.807) is 6.20 Å². The number of pyridine rings is 1. The molecule has 0 radical (unpaired) electrons. The topological polar surface area (TPSA) is 59.5 Å². The Morgan fingerprint density at radius 1 is 1.35 bits per heavy atom. The van der Waals surface area contributed by atoms with E-state index >= 15 is 0 Å². The summed E-state index contributed by atoms with van der Waals surface area (Å²) in [6.45, 7) is 2.12. The van der Waals surface area contributed by atoms with Crippen molar-refractivity contribution in [2.45, 2.75) is 25.2 Å². The van der Waals surface area contributed by atoms with Crippen LogP contribution in [-0.2, 0) is 20.9 Å². The summed E-state index contributed by atoms with van der Waals surface area (Å²) >= 11 is 0. The van der Waals surface area contributed by atoms with Gasteiger partial charge in [0, 0.05) is 6.20 Å². The van der Waals surface area contributed by atoms with Crippen LogP contribution in [0.5, 0.6) is 0 Å². The number of likely N-dealkylation sites (tertiary alicyclic amines) is 1. The minimum Gasteiger partial charge on any atom is -0.362 e. The summed E-state index contributed by atoms with van der Waals surface area (Å²) in [5.41, 5.74) is 0.0987. The van der Waals surface area contributed by atoms with E-state index in [2.05, 4.69) is 4.98 Å². The number of carbonyl (C=O) groups excluding carboxylic acids is 2. The highest BCUT2D eigenvalue weighted by molar-refractivity contribution is 6.07. The minimum atomic E-state index is -0.624. The summed E-state index contributed by atoms with van der Waals surface area (Å²) in [7, 11) is 0. The molecule has 0 unspecified atom stereocenters. The number of carbonyl (C=O) groups is 2. The maximum absolute atomic E-state index is 12.6. The molecule has 0 N–H and O–H groups in total. The first-order chi connectivity index (χ1) is 9.60. The summed E-state index contributed by atoms with van der Waals surface area (Å²) < 4.78 is 5.77. The van der Waals surface area contributed by atoms with Gasteiger partial charge in [0.1, 0.15) is 0 Å². The van der Waals surface area contributed by atoms with Crippen LogP contribution in [0.2, 0.25) is 0 Å². The third-order valence-corrected chi connectivity index (χ3v) is 4.47. The highest BCUT2D eigenvalue weighted by Gasteiger charge is 2.65. The molecule has 4 heterocycles. The Labute approximate surface area is 116 Å². The zero-order valence-electron chi connectivity index (χ0n) is 11.0. The molecule has 1 aromatic heterocycles. The number of fused-ring (bicyclic) bond motifs is 5. The molecular weight excluding hydrogens is 256 g/mol. The summed E-state index contributed by atoms with van der Waals surface area (Å²) in [6.07, 6.45) is 5.22. The van der Waals surface area contributed by atoms with Gasteiger partial charge in [-0.15, -0.1) is 0 Å². The van der Waals surface area contributed by atoms with Gasteiger partial charge in [-0.05, 0) is 19.1 Å². The zero-order valence-corrected chi connectivity index (χ0v) is 11.0. The highest BCUT2D eigenvalue weighted by Crippen LogP contribution is 2.51. The fourth-order valence-electron chi connectivity index (χ4n) is 3.52. The lowest BCUT2D eigenvalue weighted by atomic mass is 9.78. The lowest BCUT2D eigenvalue weighted by Gasteiger charge is -2.23. The van der Waals surface area contributed by atoms with E-state index in [0.717, 1.165) is 5.69 Å². The fourth-order valence-corrected chi connectivity index (χ4v) is 3.52. The van der Waals surface area contributed by atoms with Crippen LogP contribution in [0, 0.1) is 11.8 Å². The number of hydrogen-bond acceptors (Lipinski definition) is 4. The fraction of sp³-hybridized carbons (Fsp3) is 0.400. The summed E-state index contributed by atoms with van der Waals surface area (Å²) in [4.78, 5) is 30.6. The van der Waals surface area contributed by atoms with Gasteiger partial charge in [-0.3, -0.25) is 19.5 Å². The van der Waals surface area contributed by atoms with Crippen molar-refractivity contribution in [3.63, 3.8) is 0 Å². The van der Waals surface area contributed by atoms with E-state index < -0.39 is 5.60 Å². The molecule has 3 aliphatic heterocycles. The maximum atomic E-state index is 12.6. The SMILES string of the molecule is C[C@@]12C=C[C@@H](O1)[C@@H]1C(=O)N(Cc3ccccn3)C(=O)[C@H]12. The maximum Gasteiger partial charge on any atom is 0.236 e. The van der Waals surface area contributed by atoms with E-state index in [1.807, 2.05) is 37.3 Å². The average Bonchev–Trinajstić information content (AvgIpc) is 3.04. The lowest BCUT2D eigenvalue weighted by molar-refractivity contribution is -0.144. The summed E-state index contributed by atoms with van der Waals surface area (Å²) in [5, 5.41) is 0. The number of rotatable bonds is 2. The van der Waals surface area contributed by atoms with Gasteiger partial charge in [-0.2, -0.15) is 0 Å². The number of hydrogen-bond donors (Lipinski definition) is 0. The second-order valence-corrected chi connectivity index (χ2v) is 5.71. The molecule has 2 fully saturated rings. The van der Waals surface area contributed by atoms with Gasteiger partial charge in [-0.25, -0.2) is 0 Å². The van der Waals surface area contributed by atoms with Crippen molar-refractivity contribution in [2.75, 3.05) is 0 Å². The molecule has 102 valence electrons. The molecule has 1 aromatic rings. The monoisotopic (exact) mass is 270 g/mol. The first-order valence-corrected chi connectivity index (χ1v) is 6.72. The number of amides is 2. The number of aromatic nitrogens is 1. The van der Waals surface area contributed by atoms with Crippen LogP contribution in [0.3, 0.4) is 0 Å². The Kier molecular flexibility index (Phi) is 2.22. The van der Waals surface area contributed by atoms with Crippen LogP contribution < -0.4 is 0 Å². The Balaban J connectivity index is 1.66. The predicted octanol–water partition coefficient (Wildman–Crippen LogP) is 0.910. The smallest absolute Gasteiger partial charge is 0.236 e. The molecule has 0 aliphatic carbocycles. The Morgan fingerprint density at radius 2 is 2.20 bits per heavy atom. The normalized spacial score (nSPS) is 37.9. The van der Waals surface area contributed by atoms with Crippen molar-refractivity contribution in [2.24, 2.45) is 11.8 Å². The standard InChI is InChI=1S/C15H14N2O3/c1-15-6-5-10(20-15)11-12(15)14(19)17(13(11)18)8-9-4-2-3-7-16-9/h2-7,10-12H,8H2,1H3/t10-,11+,12+,15+/m1/s1. The van der Waals surface area contributed by atoms with Crippen molar-refractivity contribution < 1.29 is 14.3 Å². The molecule has 5 heteroatoms. The molecule has 2 amide bonds. The van der Waals surface area contributed by atoms with Gasteiger partial charge in [0.2, 0.25) is 11.8 Å². The van der Waals surface area contributed by atoms with E-state index in [-0.39, 0.29) is 36.3 Å². The molecule has 5 nitrogen and oxygen atoms in total. The zero-order chi connectivity index (χ0) is 13.9. The Hall–Kier alpha value is -2.01. The number of imide groups is 1. The van der Waals surface area contributed by atoms with E-state index in [0.29, 0.717) is 0 Å². The molecule has 0 aromatic carbocycles. The van der Waals surface area contributed by atoms with Crippen LogP contribution in [0.4, 0.5) is 0 Å². The first kappa shape index (κ1) is 11.8. The second kappa shape index (κ2) is 3.76. The molecule has 0 saturated carbocycles. The third kappa shape index (κ3) is 1.38. The lowest BCUT2D eigenvalue weighted by Crippen LogP contribution is -2.38. The largest absolute Gasteiger partial charge is 0.362 e. The molecule has 3 aliphatic rings. The second-order valence-electron chi connectivity index (χ2n) is 5.71. The van der Waals surface area contributed by atoms with Crippen molar-refractivity contribution in [1.82, 2.24) is 9.88 Å². The van der Waals surface area contributed by atoms with Crippen LogP contribution in [-0.4, -0.2) is 33.4 Å². The Bertz CT molecular complexity index is 627. The van der Waals surface area contributed by atoms with Crippen molar-refractivity contribution in [3.05, 3.63) is 42.2 Å². The average molecular weight is 270 g/mol. The molecule has 4 rings (SSSR count). The van der Waals surface area contributed by atoms with Gasteiger partial charge in [0.25, 0.3) is 0 Å². The van der Waals surface area contributed by atoms with E-state index in [4.69, 9.17) is 4.74 Å². The van der Waals surface area contributed by atoms with Crippen LogP contribution >= 0.6 is 0 Å². The predicted molar refractivity (Wildman–Crippen MR) is 69.2 cm³/mol. The van der Waals surface area contributed by atoms with Gasteiger partial charge in [-0.1, -0.05) is 18.2 Å². The van der Waals surface area contributed by atoms with Crippen LogP contribution in [0.1, 0.15) is 12.6 Å². The number of ether oxygens (including phenoxy) is 1. The highest BCUT2D eigenvalue weighted by atomic mass is 16.5. The van der Waals surface area contributed by atoms with Crippen molar-refractivity contribution in [1.29, 1.82) is 0 Å². The molecule has 4 atom stereocenters. The molecule has 0 spiro atoms. The molecule has 2 saturated heterocycles. The summed E-state index contributed by atoms with van der Waals surface area (Å²) in [5.74, 6) is -1.02. The van der Waals surface area contributed by atoms with E-state index in [1.165, 1.54) is 4.90 Å². The van der Waals surface area contributed by atoms with Gasteiger partial charge >= 0.3 is 0 Å². The summed E-state index contributed by atoms with van der Waals surface area (Å²) in [6, 6.07) is 5.48. The number of nitrogens with zero attached hydrogens (tertiary/aromatic N) is 2. The molecule has 2 bridgehead atoms. The Morgan fingerprint density at radius 3 is 2.90 bits per heavy atom. The van der Waals surface area contributed by atoms with Gasteiger partial charge < -0.3 is 4.74 Å². The third-order valence-electron chi connectivity index (χ3n) is 4.47. The first-order valence-electron chi connectivity index (χ1n) is 6.72. The van der Waals surface area contributed by atoms with Gasteiger partial charge in [0.05, 0.1) is 35.8 Å². The quantitative estimate of drug-likeness (QED) is 0.592. The van der Waals surface area contributed by atoms with Crippen LogP contribution in [0.25, 0.3) is 0 Å². The van der Waals surface area contributed by atoms with E-state index in [9.17, 15) is 9.59 Å².